The number of aromatic nitrogens is 3. The first-order valence-electron chi connectivity index (χ1n) is 9.77. The van der Waals surface area contributed by atoms with E-state index in [9.17, 15) is 4.79 Å². The molecule has 0 radical (unpaired) electrons. The highest BCUT2D eigenvalue weighted by Crippen LogP contribution is 2.26. The average Bonchev–Trinajstić information content (AvgIpc) is 3.18. The minimum absolute atomic E-state index is 0.208. The maximum Gasteiger partial charge on any atom is 0.255 e. The molecular weight excluding hydrogens is 444 g/mol. The van der Waals surface area contributed by atoms with Crippen molar-refractivity contribution >= 4 is 38.6 Å². The zero-order valence-electron chi connectivity index (χ0n) is 16.7. The predicted molar refractivity (Wildman–Crippen MR) is 122 cm³/mol. The molecular formula is C23H21BrN4O2. The maximum atomic E-state index is 12.6. The van der Waals surface area contributed by atoms with Crippen LogP contribution in [0.5, 0.6) is 5.75 Å². The second-order valence-corrected chi connectivity index (χ2v) is 7.60. The molecule has 0 aliphatic carbocycles. The van der Waals surface area contributed by atoms with Gasteiger partial charge in [0.05, 0.1) is 16.8 Å². The maximum absolute atomic E-state index is 12.6. The molecule has 0 aliphatic heterocycles. The Morgan fingerprint density at radius 2 is 1.77 bits per heavy atom. The minimum Gasteiger partial charge on any atom is -0.493 e. The van der Waals surface area contributed by atoms with E-state index in [2.05, 4.69) is 50.5 Å². The number of anilines is 1. The molecule has 0 unspecified atom stereocenters. The van der Waals surface area contributed by atoms with Gasteiger partial charge >= 0.3 is 0 Å². The standard InChI is InChI=1S/C23H21BrN4O2/c1-3-15-5-9-18(10-6-15)28-26-20-11-8-17(14-21(20)27-28)25-23(29)16-7-12-22(30-4-2)19(24)13-16/h5-14H,3-4H2,1-2H3,(H,25,29). The van der Waals surface area contributed by atoms with Crippen LogP contribution in [-0.2, 0) is 6.42 Å². The molecule has 0 aliphatic rings. The van der Waals surface area contributed by atoms with Gasteiger partial charge in [-0.1, -0.05) is 19.1 Å². The van der Waals surface area contributed by atoms with Gasteiger partial charge in [0, 0.05) is 11.3 Å². The van der Waals surface area contributed by atoms with Crippen molar-refractivity contribution in [2.75, 3.05) is 11.9 Å². The number of carbonyl (C=O) groups is 1. The van der Waals surface area contributed by atoms with Gasteiger partial charge in [0.1, 0.15) is 16.8 Å². The van der Waals surface area contributed by atoms with Gasteiger partial charge in [0.2, 0.25) is 0 Å². The number of halogens is 1. The Labute approximate surface area is 183 Å². The average molecular weight is 465 g/mol. The number of benzene rings is 3. The third-order valence-corrected chi connectivity index (χ3v) is 5.33. The highest BCUT2D eigenvalue weighted by Gasteiger charge is 2.11. The smallest absolute Gasteiger partial charge is 0.255 e. The quantitative estimate of drug-likeness (QED) is 0.414. The van der Waals surface area contributed by atoms with Crippen LogP contribution in [0.1, 0.15) is 29.8 Å². The number of hydrogen-bond donors (Lipinski definition) is 1. The molecule has 0 fully saturated rings. The van der Waals surface area contributed by atoms with E-state index in [-0.39, 0.29) is 5.91 Å². The highest BCUT2D eigenvalue weighted by molar-refractivity contribution is 9.10. The predicted octanol–water partition coefficient (Wildman–Crippen LogP) is 5.40. The molecule has 30 heavy (non-hydrogen) atoms. The summed E-state index contributed by atoms with van der Waals surface area (Å²) in [5.41, 5.74) is 4.82. The largest absolute Gasteiger partial charge is 0.493 e. The van der Waals surface area contributed by atoms with Crippen LogP contribution < -0.4 is 10.1 Å². The fourth-order valence-corrected chi connectivity index (χ4v) is 3.58. The van der Waals surface area contributed by atoms with Crippen LogP contribution in [0.25, 0.3) is 16.7 Å². The van der Waals surface area contributed by atoms with Crippen LogP contribution in [0.2, 0.25) is 0 Å². The van der Waals surface area contributed by atoms with Crippen molar-refractivity contribution in [2.24, 2.45) is 0 Å². The van der Waals surface area contributed by atoms with Gasteiger partial charge in [0.15, 0.2) is 0 Å². The number of carbonyl (C=O) groups excluding carboxylic acids is 1. The summed E-state index contributed by atoms with van der Waals surface area (Å²) in [5, 5.41) is 12.0. The Hall–Kier alpha value is -3.19. The van der Waals surface area contributed by atoms with E-state index in [4.69, 9.17) is 4.74 Å². The van der Waals surface area contributed by atoms with Gasteiger partial charge in [-0.25, -0.2) is 0 Å². The number of ether oxygens (including phenoxy) is 1. The summed E-state index contributed by atoms with van der Waals surface area (Å²) in [6, 6.07) is 18.9. The number of amides is 1. The Balaban J connectivity index is 1.54. The fraction of sp³-hybridized carbons (Fsp3) is 0.174. The Bertz CT molecular complexity index is 1200. The van der Waals surface area contributed by atoms with Gasteiger partial charge in [-0.15, -0.1) is 10.2 Å². The van der Waals surface area contributed by atoms with E-state index >= 15 is 0 Å². The Morgan fingerprint density at radius 3 is 2.47 bits per heavy atom. The van der Waals surface area contributed by atoms with Crippen molar-refractivity contribution in [3.8, 4) is 11.4 Å². The fourth-order valence-electron chi connectivity index (χ4n) is 3.09. The molecule has 4 aromatic rings. The van der Waals surface area contributed by atoms with E-state index in [1.54, 1.807) is 23.0 Å². The second kappa shape index (κ2) is 8.67. The molecule has 1 aromatic heterocycles. The molecule has 4 rings (SSSR count). The summed E-state index contributed by atoms with van der Waals surface area (Å²) in [7, 11) is 0. The molecule has 0 saturated heterocycles. The normalized spacial score (nSPS) is 10.9. The van der Waals surface area contributed by atoms with E-state index in [0.29, 0.717) is 29.1 Å². The van der Waals surface area contributed by atoms with Crippen molar-refractivity contribution in [1.82, 2.24) is 15.0 Å². The molecule has 152 valence electrons. The first-order valence-corrected chi connectivity index (χ1v) is 10.6. The monoisotopic (exact) mass is 464 g/mol. The van der Waals surface area contributed by atoms with Crippen molar-refractivity contribution in [3.05, 3.63) is 76.3 Å². The molecule has 7 heteroatoms. The third kappa shape index (κ3) is 4.21. The number of nitrogens with one attached hydrogen (secondary N) is 1. The van der Waals surface area contributed by atoms with E-state index in [0.717, 1.165) is 22.1 Å². The third-order valence-electron chi connectivity index (χ3n) is 4.71. The summed E-state index contributed by atoms with van der Waals surface area (Å²) >= 11 is 3.44. The van der Waals surface area contributed by atoms with E-state index in [1.807, 2.05) is 37.3 Å². The molecule has 0 saturated carbocycles. The molecule has 1 N–H and O–H groups in total. The number of aryl methyl sites for hydroxylation is 1. The van der Waals surface area contributed by atoms with Crippen LogP contribution in [0, 0.1) is 0 Å². The summed E-state index contributed by atoms with van der Waals surface area (Å²) in [5.74, 6) is 0.500. The van der Waals surface area contributed by atoms with Gasteiger partial charge in [-0.2, -0.15) is 4.80 Å². The number of nitrogens with zero attached hydrogens (tertiary/aromatic N) is 3. The topological polar surface area (TPSA) is 69.0 Å². The van der Waals surface area contributed by atoms with Crippen molar-refractivity contribution in [1.29, 1.82) is 0 Å². The zero-order chi connectivity index (χ0) is 21.1. The lowest BCUT2D eigenvalue weighted by atomic mass is 10.2. The van der Waals surface area contributed by atoms with Crippen LogP contribution in [-0.4, -0.2) is 27.5 Å². The molecule has 1 heterocycles. The van der Waals surface area contributed by atoms with Gasteiger partial charge < -0.3 is 10.1 Å². The highest BCUT2D eigenvalue weighted by atomic mass is 79.9. The molecule has 0 spiro atoms. The van der Waals surface area contributed by atoms with Crippen molar-refractivity contribution in [2.45, 2.75) is 20.3 Å². The lowest BCUT2D eigenvalue weighted by Gasteiger charge is -2.09. The molecule has 0 bridgehead atoms. The lowest BCUT2D eigenvalue weighted by Crippen LogP contribution is -2.12. The van der Waals surface area contributed by atoms with Crippen molar-refractivity contribution in [3.63, 3.8) is 0 Å². The molecule has 0 atom stereocenters. The molecule has 1 amide bonds. The van der Waals surface area contributed by atoms with Gasteiger partial charge in [0.25, 0.3) is 5.91 Å². The first kappa shape index (κ1) is 20.1. The number of rotatable bonds is 6. The SMILES string of the molecule is CCOc1ccc(C(=O)Nc2ccc3nn(-c4ccc(CC)cc4)nc3c2)cc1Br. The van der Waals surface area contributed by atoms with Gasteiger partial charge in [-0.3, -0.25) is 4.79 Å². The van der Waals surface area contributed by atoms with Crippen LogP contribution in [0.4, 0.5) is 5.69 Å². The van der Waals surface area contributed by atoms with Crippen LogP contribution >= 0.6 is 15.9 Å². The van der Waals surface area contributed by atoms with Crippen molar-refractivity contribution < 1.29 is 9.53 Å². The summed E-state index contributed by atoms with van der Waals surface area (Å²) in [4.78, 5) is 14.3. The molecule has 3 aromatic carbocycles. The lowest BCUT2D eigenvalue weighted by molar-refractivity contribution is 0.102. The van der Waals surface area contributed by atoms with E-state index < -0.39 is 0 Å². The summed E-state index contributed by atoms with van der Waals surface area (Å²) < 4.78 is 6.23. The number of fused-ring (bicyclic) bond motifs is 1. The number of hydrogen-bond acceptors (Lipinski definition) is 4. The summed E-state index contributed by atoms with van der Waals surface area (Å²) in [6.07, 6.45) is 0.989. The first-order chi connectivity index (χ1) is 14.6. The minimum atomic E-state index is -0.208. The van der Waals surface area contributed by atoms with Crippen LogP contribution in [0.3, 0.4) is 0 Å². The van der Waals surface area contributed by atoms with E-state index in [1.165, 1.54) is 5.56 Å². The Kier molecular flexibility index (Phi) is 5.81. The Morgan fingerprint density at radius 1 is 1.00 bits per heavy atom. The molecule has 6 nitrogen and oxygen atoms in total. The zero-order valence-corrected chi connectivity index (χ0v) is 18.3. The van der Waals surface area contributed by atoms with Gasteiger partial charge in [-0.05, 0) is 83.4 Å². The van der Waals surface area contributed by atoms with Crippen LogP contribution in [0.15, 0.2) is 65.1 Å². The summed E-state index contributed by atoms with van der Waals surface area (Å²) in [6.45, 7) is 4.60. The second-order valence-electron chi connectivity index (χ2n) is 6.75.